The number of hydrogen-bond donors (Lipinski definition) is 1. The van der Waals surface area contributed by atoms with E-state index in [9.17, 15) is 0 Å². The van der Waals surface area contributed by atoms with Gasteiger partial charge in [0.2, 0.25) is 6.29 Å². The minimum absolute atomic E-state index is 0.0170. The lowest BCUT2D eigenvalue weighted by molar-refractivity contribution is -0.0969. The van der Waals surface area contributed by atoms with E-state index < -0.39 is 6.29 Å². The van der Waals surface area contributed by atoms with Gasteiger partial charge in [0, 0.05) is 16.8 Å². The molecule has 0 aromatic carbocycles. The van der Waals surface area contributed by atoms with Crippen molar-refractivity contribution < 1.29 is 14.6 Å². The van der Waals surface area contributed by atoms with E-state index in [0.29, 0.717) is 13.2 Å². The Hall–Kier alpha value is -0.0900. The lowest BCUT2D eigenvalue weighted by Crippen LogP contribution is -2.14. The Morgan fingerprint density at radius 3 is 2.43 bits per heavy atom. The van der Waals surface area contributed by atoms with Crippen LogP contribution < -0.4 is 0 Å². The van der Waals surface area contributed by atoms with Gasteiger partial charge in [-0.25, -0.2) is 0 Å². The van der Waals surface area contributed by atoms with Crippen molar-refractivity contribution in [1.29, 1.82) is 0 Å². The molecular weight excluding hydrogens is 295 g/mol. The summed E-state index contributed by atoms with van der Waals surface area (Å²) in [7, 11) is 0. The molecule has 0 aliphatic heterocycles. The summed E-state index contributed by atoms with van der Waals surface area (Å²) in [6.45, 7) is 4.94. The molecule has 0 atom stereocenters. The average Bonchev–Trinajstić information content (AvgIpc) is 2.18. The summed E-state index contributed by atoms with van der Waals surface area (Å²) in [6.07, 6.45) is 1.18. The molecule has 0 heterocycles. The minimum Gasteiger partial charge on any atom is -0.391 e. The number of allylic oxidation sites excluding steroid dienone is 1. The Balaban J connectivity index is 4.11. The summed E-state index contributed by atoms with van der Waals surface area (Å²) in [5.41, 5.74) is 0. The van der Waals surface area contributed by atoms with Gasteiger partial charge < -0.3 is 14.6 Å². The van der Waals surface area contributed by atoms with E-state index in [-0.39, 0.29) is 6.61 Å². The van der Waals surface area contributed by atoms with Crippen molar-refractivity contribution in [2.45, 2.75) is 20.1 Å². The van der Waals surface area contributed by atoms with Crippen LogP contribution >= 0.6 is 22.6 Å². The Kier molecular flexibility index (Phi) is 9.40. The molecule has 0 fully saturated rings. The first kappa shape index (κ1) is 13.9. The highest BCUT2D eigenvalue weighted by Gasteiger charge is 2.00. The van der Waals surface area contributed by atoms with Crippen molar-refractivity contribution in [3.8, 4) is 11.8 Å². The lowest BCUT2D eigenvalue weighted by Gasteiger charge is -2.09. The third-order valence-electron chi connectivity index (χ3n) is 1.22. The van der Waals surface area contributed by atoms with Gasteiger partial charge in [-0.2, -0.15) is 0 Å². The van der Waals surface area contributed by atoms with Gasteiger partial charge in [0.05, 0.1) is 6.61 Å². The Labute approximate surface area is 98.6 Å². The summed E-state index contributed by atoms with van der Waals surface area (Å²) in [6, 6.07) is 0. The molecule has 1 N–H and O–H groups in total. The number of ether oxygens (including phenoxy) is 2. The molecule has 0 rings (SSSR count). The van der Waals surface area contributed by atoms with Crippen LogP contribution in [0.15, 0.2) is 9.66 Å². The van der Waals surface area contributed by atoms with Crippen LogP contribution in [0.3, 0.4) is 0 Å². The van der Waals surface area contributed by atoms with E-state index in [4.69, 9.17) is 14.6 Å². The van der Waals surface area contributed by atoms with Crippen molar-refractivity contribution in [1.82, 2.24) is 0 Å². The molecule has 0 bridgehead atoms. The molecule has 80 valence electrons. The first-order valence-electron chi connectivity index (χ1n) is 4.44. The second-order valence-electron chi connectivity index (χ2n) is 2.28. The second-order valence-corrected chi connectivity index (χ2v) is 3.67. The molecule has 0 aliphatic rings. The van der Waals surface area contributed by atoms with Crippen LogP contribution in [0.5, 0.6) is 0 Å². The number of aliphatic hydroxyl groups is 1. The third kappa shape index (κ3) is 7.33. The molecule has 0 spiro atoms. The van der Waals surface area contributed by atoms with Gasteiger partial charge in [0.25, 0.3) is 0 Å². The van der Waals surface area contributed by atoms with E-state index in [0.717, 1.165) is 3.58 Å². The smallest absolute Gasteiger partial charge is 0.222 e. The third-order valence-corrected chi connectivity index (χ3v) is 1.87. The standard InChI is InChI=1S/C10H15IO3/c1-3-13-10(14-4-2)7-5-6-9(11)8-12/h6,10,12H,3-4,8H2,1-2H3. The summed E-state index contributed by atoms with van der Waals surface area (Å²) < 4.78 is 11.2. The molecular formula is C10H15IO3. The molecule has 4 heteroatoms. The van der Waals surface area contributed by atoms with Gasteiger partial charge in [-0.15, -0.1) is 0 Å². The molecule has 0 amide bonds. The van der Waals surface area contributed by atoms with Crippen molar-refractivity contribution in [3.05, 3.63) is 9.66 Å². The first-order valence-corrected chi connectivity index (χ1v) is 5.52. The van der Waals surface area contributed by atoms with Crippen molar-refractivity contribution in [2.75, 3.05) is 19.8 Å². The highest BCUT2D eigenvalue weighted by atomic mass is 127. The van der Waals surface area contributed by atoms with Crippen molar-refractivity contribution in [3.63, 3.8) is 0 Å². The molecule has 0 saturated heterocycles. The normalized spacial score (nSPS) is 11.4. The number of rotatable bonds is 5. The Morgan fingerprint density at radius 2 is 2.00 bits per heavy atom. The summed E-state index contributed by atoms with van der Waals surface area (Å²) in [5, 5.41) is 8.70. The lowest BCUT2D eigenvalue weighted by atomic mass is 10.5. The van der Waals surface area contributed by atoms with Crippen LogP contribution in [0.25, 0.3) is 0 Å². The van der Waals surface area contributed by atoms with E-state index in [1.807, 2.05) is 36.4 Å². The van der Waals surface area contributed by atoms with Crippen LogP contribution in [-0.2, 0) is 9.47 Å². The van der Waals surface area contributed by atoms with Crippen LogP contribution in [0.2, 0.25) is 0 Å². The van der Waals surface area contributed by atoms with Crippen molar-refractivity contribution in [2.24, 2.45) is 0 Å². The maximum absolute atomic E-state index is 8.70. The summed E-state index contributed by atoms with van der Waals surface area (Å²) >= 11 is 2.02. The molecule has 0 aromatic rings. The minimum atomic E-state index is -0.468. The molecule has 0 aliphatic carbocycles. The Morgan fingerprint density at radius 1 is 1.43 bits per heavy atom. The van der Waals surface area contributed by atoms with Crippen LogP contribution in [0.1, 0.15) is 13.8 Å². The maximum atomic E-state index is 8.70. The Bertz CT molecular complexity index is 221. The fourth-order valence-electron chi connectivity index (χ4n) is 0.668. The highest BCUT2D eigenvalue weighted by molar-refractivity contribution is 14.1. The predicted molar refractivity (Wildman–Crippen MR) is 64.0 cm³/mol. The van der Waals surface area contributed by atoms with E-state index in [1.165, 1.54) is 0 Å². The van der Waals surface area contributed by atoms with Crippen molar-refractivity contribution >= 4 is 22.6 Å². The fraction of sp³-hybridized carbons (Fsp3) is 0.600. The van der Waals surface area contributed by atoms with Crippen LogP contribution in [0, 0.1) is 11.8 Å². The number of aliphatic hydroxyl groups excluding tert-OH is 1. The zero-order valence-corrected chi connectivity index (χ0v) is 10.6. The van der Waals surface area contributed by atoms with E-state index in [2.05, 4.69) is 11.8 Å². The zero-order chi connectivity index (χ0) is 10.8. The molecule has 0 radical (unpaired) electrons. The van der Waals surface area contributed by atoms with Gasteiger partial charge in [0.15, 0.2) is 0 Å². The van der Waals surface area contributed by atoms with Gasteiger partial charge in [-0.3, -0.25) is 0 Å². The summed E-state index contributed by atoms with van der Waals surface area (Å²) in [5.74, 6) is 5.58. The largest absolute Gasteiger partial charge is 0.391 e. The fourth-order valence-corrected chi connectivity index (χ4v) is 0.824. The highest BCUT2D eigenvalue weighted by Crippen LogP contribution is 2.02. The number of halogens is 1. The molecule has 0 saturated carbocycles. The average molecular weight is 310 g/mol. The quantitative estimate of drug-likeness (QED) is 0.477. The zero-order valence-electron chi connectivity index (χ0n) is 8.42. The van der Waals surface area contributed by atoms with Gasteiger partial charge in [0.1, 0.15) is 0 Å². The number of hydrogen-bond acceptors (Lipinski definition) is 3. The van der Waals surface area contributed by atoms with Crippen LogP contribution in [0.4, 0.5) is 0 Å². The molecule has 0 aromatic heterocycles. The topological polar surface area (TPSA) is 38.7 Å². The predicted octanol–water partition coefficient (Wildman–Crippen LogP) is 1.70. The van der Waals surface area contributed by atoms with E-state index in [1.54, 1.807) is 6.08 Å². The van der Waals surface area contributed by atoms with Crippen LogP contribution in [-0.4, -0.2) is 31.2 Å². The van der Waals surface area contributed by atoms with E-state index >= 15 is 0 Å². The van der Waals surface area contributed by atoms with Gasteiger partial charge >= 0.3 is 0 Å². The SMILES string of the molecule is CCOC(C#CC=C(I)CO)OCC. The molecule has 0 unspecified atom stereocenters. The summed E-state index contributed by atoms with van der Waals surface area (Å²) in [4.78, 5) is 0. The van der Waals surface area contributed by atoms with Gasteiger partial charge in [-0.1, -0.05) is 5.92 Å². The monoisotopic (exact) mass is 310 g/mol. The molecule has 14 heavy (non-hydrogen) atoms. The second kappa shape index (κ2) is 9.46. The first-order chi connectivity index (χ1) is 6.74. The maximum Gasteiger partial charge on any atom is 0.222 e. The molecule has 3 nitrogen and oxygen atoms in total. The van der Waals surface area contributed by atoms with Gasteiger partial charge in [-0.05, 0) is 48.4 Å².